The molecule has 3 nitrogen and oxygen atoms in total. The topological polar surface area (TPSA) is 30.7 Å². The van der Waals surface area contributed by atoms with E-state index < -0.39 is 0 Å². The Morgan fingerprint density at radius 1 is 1.29 bits per heavy atom. The molecule has 0 saturated heterocycles. The lowest BCUT2D eigenvalue weighted by Crippen LogP contribution is -2.01. The summed E-state index contributed by atoms with van der Waals surface area (Å²) in [6, 6.07) is 3.57. The van der Waals surface area contributed by atoms with Crippen molar-refractivity contribution in [3.05, 3.63) is 41.5 Å². The van der Waals surface area contributed by atoms with Gasteiger partial charge in [0.2, 0.25) is 0 Å². The van der Waals surface area contributed by atoms with Gasteiger partial charge in [-0.15, -0.1) is 5.10 Å². The highest BCUT2D eigenvalue weighted by Gasteiger charge is 2.08. The Labute approximate surface area is 81.2 Å². The van der Waals surface area contributed by atoms with Crippen molar-refractivity contribution in [2.24, 2.45) is 0 Å². The van der Waals surface area contributed by atoms with Gasteiger partial charge in [0.15, 0.2) is 0 Å². The monoisotopic (exact) mass is 191 g/mol. The van der Waals surface area contributed by atoms with Gasteiger partial charge in [-0.3, -0.25) is 0 Å². The predicted molar refractivity (Wildman–Crippen MR) is 50.8 cm³/mol. The largest absolute Gasteiger partial charge is 0.220 e. The molecule has 1 aromatic carbocycles. The fourth-order valence-corrected chi connectivity index (χ4v) is 1.40. The van der Waals surface area contributed by atoms with Crippen molar-refractivity contribution in [1.82, 2.24) is 15.0 Å². The average molecular weight is 191 g/mol. The predicted octanol–water partition coefficient (Wildman–Crippen LogP) is 2.02. The third-order valence-corrected chi connectivity index (χ3v) is 2.22. The summed E-state index contributed by atoms with van der Waals surface area (Å²) < 4.78 is 15.1. The molecule has 0 aliphatic heterocycles. The number of benzene rings is 1. The van der Waals surface area contributed by atoms with Gasteiger partial charge in [-0.2, -0.15) is 0 Å². The van der Waals surface area contributed by atoms with E-state index >= 15 is 0 Å². The van der Waals surface area contributed by atoms with E-state index in [0.717, 1.165) is 5.69 Å². The summed E-state index contributed by atoms with van der Waals surface area (Å²) in [5.41, 5.74) is 1.97. The molecule has 0 spiro atoms. The second kappa shape index (κ2) is 3.21. The SMILES string of the molecule is Cc1ccc(-n2ccnn2)c(C)c1F. The molecular formula is C10H10FN3. The molecular weight excluding hydrogens is 181 g/mol. The Morgan fingerprint density at radius 2 is 2.07 bits per heavy atom. The molecule has 0 unspecified atom stereocenters. The molecule has 4 heteroatoms. The van der Waals surface area contributed by atoms with Crippen LogP contribution in [0.15, 0.2) is 24.5 Å². The Morgan fingerprint density at radius 3 is 2.71 bits per heavy atom. The Bertz CT molecular complexity index is 449. The maximum absolute atomic E-state index is 13.5. The zero-order chi connectivity index (χ0) is 10.1. The van der Waals surface area contributed by atoms with E-state index in [0.29, 0.717) is 11.1 Å². The van der Waals surface area contributed by atoms with E-state index in [1.165, 1.54) is 0 Å². The van der Waals surface area contributed by atoms with Crippen LogP contribution < -0.4 is 0 Å². The lowest BCUT2D eigenvalue weighted by molar-refractivity contribution is 0.605. The number of nitrogens with zero attached hydrogens (tertiary/aromatic N) is 3. The third-order valence-electron chi connectivity index (χ3n) is 2.22. The van der Waals surface area contributed by atoms with E-state index in [4.69, 9.17) is 0 Å². The molecule has 1 heterocycles. The van der Waals surface area contributed by atoms with Crippen molar-refractivity contribution in [2.75, 3.05) is 0 Å². The lowest BCUT2D eigenvalue weighted by Gasteiger charge is -2.07. The smallest absolute Gasteiger partial charge is 0.131 e. The zero-order valence-corrected chi connectivity index (χ0v) is 8.03. The van der Waals surface area contributed by atoms with Gasteiger partial charge in [0, 0.05) is 5.56 Å². The first kappa shape index (κ1) is 8.87. The summed E-state index contributed by atoms with van der Waals surface area (Å²) in [6.45, 7) is 3.48. The second-order valence-corrected chi connectivity index (χ2v) is 3.19. The van der Waals surface area contributed by atoms with Crippen LogP contribution in [0.4, 0.5) is 4.39 Å². The molecule has 0 atom stereocenters. The van der Waals surface area contributed by atoms with Crippen LogP contribution in [0.1, 0.15) is 11.1 Å². The summed E-state index contributed by atoms with van der Waals surface area (Å²) in [6.07, 6.45) is 3.26. The number of hydrogen-bond donors (Lipinski definition) is 0. The number of aromatic nitrogens is 3. The number of rotatable bonds is 1. The Hall–Kier alpha value is -1.71. The zero-order valence-electron chi connectivity index (χ0n) is 8.03. The van der Waals surface area contributed by atoms with Gasteiger partial charge in [0.1, 0.15) is 5.82 Å². The molecule has 0 bridgehead atoms. The van der Waals surface area contributed by atoms with Gasteiger partial charge in [-0.1, -0.05) is 11.3 Å². The molecule has 72 valence electrons. The Kier molecular flexibility index (Phi) is 2.04. The van der Waals surface area contributed by atoms with E-state index in [1.807, 2.05) is 6.07 Å². The molecule has 0 N–H and O–H groups in total. The van der Waals surface area contributed by atoms with Gasteiger partial charge >= 0.3 is 0 Å². The first-order valence-electron chi connectivity index (χ1n) is 4.32. The van der Waals surface area contributed by atoms with Crippen LogP contribution in [-0.4, -0.2) is 15.0 Å². The lowest BCUT2D eigenvalue weighted by atomic mass is 10.1. The minimum Gasteiger partial charge on any atom is -0.220 e. The average Bonchev–Trinajstić information content (AvgIpc) is 2.67. The number of halogens is 1. The highest BCUT2D eigenvalue weighted by Crippen LogP contribution is 2.18. The fourth-order valence-electron chi connectivity index (χ4n) is 1.40. The molecule has 1 aromatic heterocycles. The highest BCUT2D eigenvalue weighted by atomic mass is 19.1. The van der Waals surface area contributed by atoms with E-state index in [2.05, 4.69) is 10.3 Å². The van der Waals surface area contributed by atoms with E-state index in [9.17, 15) is 4.39 Å². The molecule has 2 aromatic rings. The summed E-state index contributed by atoms with van der Waals surface area (Å²) in [4.78, 5) is 0. The maximum Gasteiger partial charge on any atom is 0.131 e. The van der Waals surface area contributed by atoms with Crippen LogP contribution in [-0.2, 0) is 0 Å². The van der Waals surface area contributed by atoms with Crippen LogP contribution in [0, 0.1) is 19.7 Å². The molecule has 0 radical (unpaired) electrons. The summed E-state index contributed by atoms with van der Waals surface area (Å²) in [5, 5.41) is 7.50. The number of hydrogen-bond acceptors (Lipinski definition) is 2. The first-order valence-corrected chi connectivity index (χ1v) is 4.32. The van der Waals surface area contributed by atoms with Crippen LogP contribution >= 0.6 is 0 Å². The summed E-state index contributed by atoms with van der Waals surface area (Å²) >= 11 is 0. The first-order chi connectivity index (χ1) is 6.70. The summed E-state index contributed by atoms with van der Waals surface area (Å²) in [7, 11) is 0. The minimum atomic E-state index is -0.182. The standard InChI is InChI=1S/C10H10FN3/c1-7-3-4-9(8(2)10(7)11)14-6-5-12-13-14/h3-6H,1-2H3. The quantitative estimate of drug-likeness (QED) is 0.690. The van der Waals surface area contributed by atoms with E-state index in [-0.39, 0.29) is 5.82 Å². The van der Waals surface area contributed by atoms with Crippen LogP contribution in [0.3, 0.4) is 0 Å². The van der Waals surface area contributed by atoms with Gasteiger partial charge in [0.25, 0.3) is 0 Å². The van der Waals surface area contributed by atoms with Crippen molar-refractivity contribution < 1.29 is 4.39 Å². The maximum atomic E-state index is 13.5. The van der Waals surface area contributed by atoms with Gasteiger partial charge in [-0.25, -0.2) is 9.07 Å². The molecule has 0 aliphatic rings. The molecule has 2 rings (SSSR count). The van der Waals surface area contributed by atoms with Gasteiger partial charge in [0.05, 0.1) is 18.1 Å². The normalized spacial score (nSPS) is 10.5. The number of aryl methyl sites for hydroxylation is 1. The molecule has 14 heavy (non-hydrogen) atoms. The van der Waals surface area contributed by atoms with Crippen molar-refractivity contribution in [1.29, 1.82) is 0 Å². The van der Waals surface area contributed by atoms with Crippen molar-refractivity contribution in [3.63, 3.8) is 0 Å². The van der Waals surface area contributed by atoms with Gasteiger partial charge < -0.3 is 0 Å². The second-order valence-electron chi connectivity index (χ2n) is 3.19. The van der Waals surface area contributed by atoms with E-state index in [1.54, 1.807) is 37.0 Å². The summed E-state index contributed by atoms with van der Waals surface area (Å²) in [5.74, 6) is -0.182. The third kappa shape index (κ3) is 1.28. The molecule has 0 aliphatic carbocycles. The van der Waals surface area contributed by atoms with Gasteiger partial charge in [-0.05, 0) is 25.5 Å². The van der Waals surface area contributed by atoms with Crippen molar-refractivity contribution >= 4 is 0 Å². The minimum absolute atomic E-state index is 0.182. The van der Waals surface area contributed by atoms with Crippen LogP contribution in [0.25, 0.3) is 5.69 Å². The molecule has 0 saturated carbocycles. The fraction of sp³-hybridized carbons (Fsp3) is 0.200. The van der Waals surface area contributed by atoms with Crippen LogP contribution in [0.2, 0.25) is 0 Å². The van der Waals surface area contributed by atoms with Crippen molar-refractivity contribution in [2.45, 2.75) is 13.8 Å². The highest BCUT2D eigenvalue weighted by molar-refractivity contribution is 5.42. The molecule has 0 fully saturated rings. The van der Waals surface area contributed by atoms with Crippen LogP contribution in [0.5, 0.6) is 0 Å². The Balaban J connectivity index is 2.61. The molecule has 0 amide bonds. The van der Waals surface area contributed by atoms with Crippen molar-refractivity contribution in [3.8, 4) is 5.69 Å².